The summed E-state index contributed by atoms with van der Waals surface area (Å²) in [6.07, 6.45) is -1.62. The molecular formula is C17H18F2OSi. The maximum absolute atomic E-state index is 13.2. The van der Waals surface area contributed by atoms with Crippen LogP contribution in [-0.2, 0) is 10.8 Å². The molecule has 2 aromatic rings. The van der Waals surface area contributed by atoms with Crippen molar-refractivity contribution in [2.24, 2.45) is 0 Å². The Labute approximate surface area is 125 Å². The number of rotatable bonds is 5. The third-order valence-corrected chi connectivity index (χ3v) is 5.75. The van der Waals surface area contributed by atoms with Gasteiger partial charge in [0.1, 0.15) is 0 Å². The molecule has 0 radical (unpaired) electrons. The van der Waals surface area contributed by atoms with E-state index in [1.165, 1.54) is 0 Å². The van der Waals surface area contributed by atoms with Crippen molar-refractivity contribution >= 4 is 13.5 Å². The second kappa shape index (κ2) is 6.67. The quantitative estimate of drug-likeness (QED) is 0.585. The fourth-order valence-electron chi connectivity index (χ4n) is 2.13. The first-order valence-electron chi connectivity index (χ1n) is 6.81. The molecule has 0 atom stereocenters. The lowest BCUT2D eigenvalue weighted by Gasteiger charge is -2.26. The molecule has 0 bridgehead atoms. The van der Waals surface area contributed by atoms with Crippen LogP contribution in [0.15, 0.2) is 72.5 Å². The van der Waals surface area contributed by atoms with E-state index in [1.807, 2.05) is 73.8 Å². The topological polar surface area (TPSA) is 9.23 Å². The Morgan fingerprint density at radius 2 is 1.43 bits per heavy atom. The van der Waals surface area contributed by atoms with Crippen LogP contribution in [0, 0.1) is 0 Å². The van der Waals surface area contributed by atoms with Crippen molar-refractivity contribution in [3.63, 3.8) is 0 Å². The van der Waals surface area contributed by atoms with Crippen molar-refractivity contribution in [1.29, 1.82) is 0 Å². The van der Waals surface area contributed by atoms with Gasteiger partial charge >= 0.3 is 6.08 Å². The minimum Gasteiger partial charge on any atom is -0.539 e. The maximum Gasteiger partial charge on any atom is 0.306 e. The molecule has 0 spiro atoms. The summed E-state index contributed by atoms with van der Waals surface area (Å²) in [5.74, 6) is -0.221. The van der Waals surface area contributed by atoms with Crippen molar-refractivity contribution in [3.05, 3.63) is 78.1 Å². The molecule has 0 N–H and O–H groups in total. The normalized spacial score (nSPS) is 11.0. The van der Waals surface area contributed by atoms with Crippen LogP contribution >= 0.6 is 0 Å². The van der Waals surface area contributed by atoms with E-state index >= 15 is 0 Å². The summed E-state index contributed by atoms with van der Waals surface area (Å²) in [6.45, 7) is 3.85. The molecule has 0 aliphatic carbocycles. The number of hydrogen-bond acceptors (Lipinski definition) is 1. The van der Waals surface area contributed by atoms with Crippen LogP contribution in [0.25, 0.3) is 0 Å². The lowest BCUT2D eigenvalue weighted by molar-refractivity contribution is 0.320. The van der Waals surface area contributed by atoms with Crippen LogP contribution in [0.1, 0.15) is 5.56 Å². The van der Waals surface area contributed by atoms with Crippen molar-refractivity contribution in [3.8, 4) is 0 Å². The minimum absolute atomic E-state index is 0.117. The number of allylic oxidation sites excluding steroid dienone is 1. The molecule has 2 rings (SSSR count). The molecule has 0 aromatic heterocycles. The summed E-state index contributed by atoms with van der Waals surface area (Å²) in [5.41, 5.74) is 0.818. The van der Waals surface area contributed by atoms with Gasteiger partial charge in [0, 0.05) is 6.42 Å². The summed E-state index contributed by atoms with van der Waals surface area (Å²) in [7, 11) is -2.40. The second-order valence-electron chi connectivity index (χ2n) is 5.32. The van der Waals surface area contributed by atoms with Gasteiger partial charge < -0.3 is 4.43 Å². The summed E-state index contributed by atoms with van der Waals surface area (Å²) in [4.78, 5) is 0. The van der Waals surface area contributed by atoms with E-state index in [2.05, 4.69) is 0 Å². The Morgan fingerprint density at radius 1 is 0.905 bits per heavy atom. The zero-order valence-electron chi connectivity index (χ0n) is 12.1. The van der Waals surface area contributed by atoms with Gasteiger partial charge in [-0.15, -0.1) is 0 Å². The molecule has 110 valence electrons. The average Bonchev–Trinajstić information content (AvgIpc) is 2.48. The maximum atomic E-state index is 13.2. The van der Waals surface area contributed by atoms with E-state index in [-0.39, 0.29) is 12.2 Å². The predicted octanol–water partition coefficient (Wildman–Crippen LogP) is 4.47. The summed E-state index contributed by atoms with van der Waals surface area (Å²) in [6, 6.07) is 18.8. The zero-order chi connectivity index (χ0) is 15.3. The van der Waals surface area contributed by atoms with Gasteiger partial charge in [0.25, 0.3) is 8.32 Å². The highest BCUT2D eigenvalue weighted by Gasteiger charge is 2.29. The number of hydrogen-bond donors (Lipinski definition) is 0. The van der Waals surface area contributed by atoms with Crippen molar-refractivity contribution in [2.45, 2.75) is 19.5 Å². The first-order chi connectivity index (χ1) is 9.99. The molecule has 0 aliphatic rings. The molecule has 0 unspecified atom stereocenters. The van der Waals surface area contributed by atoms with Gasteiger partial charge in [0.05, 0.1) is 0 Å². The standard InChI is InChI=1S/C17H18F2OSi/c1-21(2,15-11-7-4-8-12-15)20-16(17(18)19)13-14-9-5-3-6-10-14/h3-12H,13H2,1-2H3. The molecule has 0 heterocycles. The second-order valence-corrected chi connectivity index (χ2v) is 9.13. The zero-order valence-corrected chi connectivity index (χ0v) is 13.1. The molecule has 4 heteroatoms. The first-order valence-corrected chi connectivity index (χ1v) is 9.72. The smallest absolute Gasteiger partial charge is 0.306 e. The Balaban J connectivity index is 2.20. The van der Waals surface area contributed by atoms with E-state index in [4.69, 9.17) is 4.43 Å². The largest absolute Gasteiger partial charge is 0.539 e. The van der Waals surface area contributed by atoms with Crippen molar-refractivity contribution in [1.82, 2.24) is 0 Å². The number of halogens is 2. The molecule has 2 aromatic carbocycles. The molecule has 0 saturated carbocycles. The Kier molecular flexibility index (Phi) is 4.91. The molecule has 0 amide bonds. The third-order valence-electron chi connectivity index (χ3n) is 3.27. The Hall–Kier alpha value is -1.94. The molecule has 0 fully saturated rings. The van der Waals surface area contributed by atoms with Gasteiger partial charge in [0.2, 0.25) is 0 Å². The molecule has 1 nitrogen and oxygen atoms in total. The highest BCUT2D eigenvalue weighted by molar-refractivity contribution is 6.84. The average molecular weight is 304 g/mol. The third kappa shape index (κ3) is 4.26. The molecule has 0 aliphatic heterocycles. The van der Waals surface area contributed by atoms with E-state index in [0.29, 0.717) is 0 Å². The van der Waals surface area contributed by atoms with Gasteiger partial charge in [-0.3, -0.25) is 0 Å². The van der Waals surface area contributed by atoms with Gasteiger partial charge in [-0.05, 0) is 23.8 Å². The molecule has 0 saturated heterocycles. The van der Waals surface area contributed by atoms with Gasteiger partial charge in [-0.2, -0.15) is 8.78 Å². The summed E-state index contributed by atoms with van der Waals surface area (Å²) >= 11 is 0. The van der Waals surface area contributed by atoms with E-state index in [1.54, 1.807) is 0 Å². The van der Waals surface area contributed by atoms with E-state index < -0.39 is 14.4 Å². The SMILES string of the molecule is C[Si](C)(OC(Cc1ccccc1)=C(F)F)c1ccccc1. The van der Waals surface area contributed by atoms with E-state index in [0.717, 1.165) is 10.8 Å². The van der Waals surface area contributed by atoms with Crippen molar-refractivity contribution in [2.75, 3.05) is 0 Å². The predicted molar refractivity (Wildman–Crippen MR) is 84.0 cm³/mol. The van der Waals surface area contributed by atoms with Crippen LogP contribution in [0.5, 0.6) is 0 Å². The highest BCUT2D eigenvalue weighted by Crippen LogP contribution is 2.20. The monoisotopic (exact) mass is 304 g/mol. The lowest BCUT2D eigenvalue weighted by atomic mass is 10.1. The fraction of sp³-hybridized carbons (Fsp3) is 0.176. The Bertz CT molecular complexity index is 605. The van der Waals surface area contributed by atoms with Crippen LogP contribution in [0.3, 0.4) is 0 Å². The highest BCUT2D eigenvalue weighted by atomic mass is 28.4. The molecular weight excluding hydrogens is 286 g/mol. The van der Waals surface area contributed by atoms with Crippen molar-refractivity contribution < 1.29 is 13.2 Å². The van der Waals surface area contributed by atoms with Crippen LogP contribution in [0.2, 0.25) is 13.1 Å². The minimum atomic E-state index is -2.40. The Morgan fingerprint density at radius 3 is 1.95 bits per heavy atom. The molecule has 21 heavy (non-hydrogen) atoms. The first kappa shape index (κ1) is 15.4. The summed E-state index contributed by atoms with van der Waals surface area (Å²) in [5, 5.41) is 0.997. The fourth-order valence-corrected chi connectivity index (χ4v) is 4.01. The van der Waals surface area contributed by atoms with Gasteiger partial charge in [-0.1, -0.05) is 60.7 Å². The number of benzene rings is 2. The lowest BCUT2D eigenvalue weighted by Crippen LogP contribution is -2.44. The summed E-state index contributed by atoms with van der Waals surface area (Å²) < 4.78 is 32.2. The van der Waals surface area contributed by atoms with Crippen LogP contribution in [0.4, 0.5) is 8.78 Å². The van der Waals surface area contributed by atoms with Gasteiger partial charge in [0.15, 0.2) is 5.76 Å². The van der Waals surface area contributed by atoms with Crippen LogP contribution in [-0.4, -0.2) is 8.32 Å². The van der Waals surface area contributed by atoms with E-state index in [9.17, 15) is 8.78 Å². The van der Waals surface area contributed by atoms with Crippen LogP contribution < -0.4 is 5.19 Å². The van der Waals surface area contributed by atoms with Gasteiger partial charge in [-0.25, -0.2) is 0 Å².